The van der Waals surface area contributed by atoms with Crippen molar-refractivity contribution in [2.45, 2.75) is 77.6 Å². The van der Waals surface area contributed by atoms with Crippen LogP contribution in [0.15, 0.2) is 61.2 Å². The van der Waals surface area contributed by atoms with Crippen LogP contribution in [0.3, 0.4) is 0 Å². The van der Waals surface area contributed by atoms with Crippen molar-refractivity contribution in [3.05, 3.63) is 77.3 Å². The predicted octanol–water partition coefficient (Wildman–Crippen LogP) is 7.22. The zero-order valence-electron chi connectivity index (χ0n) is 28.1. The minimum absolute atomic E-state index is 0.0396. The molecular formula is C35H40ClF2N9O3. The fourth-order valence-electron chi connectivity index (χ4n) is 5.44. The highest BCUT2D eigenvalue weighted by atomic mass is 35.5. The third-order valence-corrected chi connectivity index (χ3v) is 8.89. The lowest BCUT2D eigenvalue weighted by Crippen LogP contribution is -2.48. The molecule has 2 saturated carbocycles. The summed E-state index contributed by atoms with van der Waals surface area (Å²) >= 11 is 6.72. The quantitative estimate of drug-likeness (QED) is 0.104. The largest absolute Gasteiger partial charge is 0.447 e. The topological polar surface area (TPSA) is 143 Å². The van der Waals surface area contributed by atoms with E-state index in [9.17, 15) is 23.8 Å². The number of nitrogens with zero attached hydrogens (tertiary/aromatic N) is 6. The van der Waals surface area contributed by atoms with Crippen LogP contribution in [-0.4, -0.2) is 66.6 Å². The van der Waals surface area contributed by atoms with Crippen molar-refractivity contribution >= 4 is 29.6 Å². The Bertz CT molecular complexity index is 1850. The van der Waals surface area contributed by atoms with Gasteiger partial charge in [-0.15, -0.1) is 0 Å². The Balaban J connectivity index is 1.37. The Morgan fingerprint density at radius 1 is 1.08 bits per heavy atom. The molecule has 0 radical (unpaired) electrons. The number of guanidine groups is 1. The van der Waals surface area contributed by atoms with Crippen LogP contribution in [0.2, 0.25) is 5.02 Å². The van der Waals surface area contributed by atoms with Gasteiger partial charge in [0.05, 0.1) is 23.3 Å². The zero-order valence-corrected chi connectivity index (χ0v) is 28.8. The first kappa shape index (κ1) is 35.0. The number of aromatic nitrogens is 5. The molecule has 50 heavy (non-hydrogen) atoms. The molecule has 4 aromatic rings. The molecule has 264 valence electrons. The van der Waals surface area contributed by atoms with E-state index in [1.165, 1.54) is 23.6 Å². The van der Waals surface area contributed by atoms with Gasteiger partial charge in [0.25, 0.3) is 5.91 Å². The van der Waals surface area contributed by atoms with Crippen molar-refractivity contribution in [2.75, 3.05) is 13.2 Å². The molecule has 0 unspecified atom stereocenters. The first-order valence-corrected chi connectivity index (χ1v) is 17.0. The van der Waals surface area contributed by atoms with Gasteiger partial charge in [-0.05, 0) is 72.9 Å². The van der Waals surface area contributed by atoms with Gasteiger partial charge in [-0.2, -0.15) is 19.0 Å². The second-order valence-corrected chi connectivity index (χ2v) is 14.3. The Kier molecular flexibility index (Phi) is 10.2. The Morgan fingerprint density at radius 2 is 1.82 bits per heavy atom. The van der Waals surface area contributed by atoms with Crippen LogP contribution in [0.5, 0.6) is 0 Å². The summed E-state index contributed by atoms with van der Waals surface area (Å²) in [5.74, 6) is -0.148. The Morgan fingerprint density at radius 3 is 2.46 bits per heavy atom. The molecule has 2 amide bonds. The summed E-state index contributed by atoms with van der Waals surface area (Å²) in [4.78, 5) is 33.0. The molecule has 15 heteroatoms. The maximum atomic E-state index is 14.5. The van der Waals surface area contributed by atoms with Crippen molar-refractivity contribution in [3.63, 3.8) is 0 Å². The van der Waals surface area contributed by atoms with Crippen LogP contribution >= 0.6 is 11.6 Å². The molecule has 2 fully saturated rings. The lowest BCUT2D eigenvalue weighted by molar-refractivity contribution is 0.0566. The molecule has 6 rings (SSSR count). The molecule has 0 saturated heterocycles. The van der Waals surface area contributed by atoms with Gasteiger partial charge in [-0.3, -0.25) is 15.1 Å². The number of carbonyl (C=O) groups excluding carboxylic acids is 2. The van der Waals surface area contributed by atoms with E-state index in [4.69, 9.17) is 16.3 Å². The lowest BCUT2D eigenvalue weighted by atomic mass is 9.92. The van der Waals surface area contributed by atoms with Gasteiger partial charge in [0.1, 0.15) is 12.9 Å². The van der Waals surface area contributed by atoms with Crippen LogP contribution in [0.25, 0.3) is 22.5 Å². The van der Waals surface area contributed by atoms with Crippen molar-refractivity contribution in [1.82, 2.24) is 40.1 Å². The SMILES string of the molecule is CC(C)(C)CCNC(=N)N(C(=O)c1ccc(-c2cnn(C(F)F)c2)cc1)[C@H](COC(=O)NC1CC1)c1ccc(Cl)c(-c2ncnn2C2CC2)c1. The lowest BCUT2D eigenvalue weighted by Gasteiger charge is -2.33. The summed E-state index contributed by atoms with van der Waals surface area (Å²) in [5, 5.41) is 23.6. The highest BCUT2D eigenvalue weighted by Gasteiger charge is 2.34. The van der Waals surface area contributed by atoms with Crippen LogP contribution in [0, 0.1) is 10.8 Å². The number of halogens is 3. The first-order valence-electron chi connectivity index (χ1n) is 16.6. The molecule has 0 spiro atoms. The van der Waals surface area contributed by atoms with Gasteiger partial charge in [0.2, 0.25) is 0 Å². The number of nitrogens with one attached hydrogen (secondary N) is 3. The Hall–Kier alpha value is -4.85. The second kappa shape index (κ2) is 14.6. The summed E-state index contributed by atoms with van der Waals surface area (Å²) in [7, 11) is 0. The van der Waals surface area contributed by atoms with Crippen molar-refractivity contribution in [3.8, 4) is 22.5 Å². The predicted molar refractivity (Wildman–Crippen MR) is 184 cm³/mol. The number of rotatable bonds is 12. The van der Waals surface area contributed by atoms with E-state index in [2.05, 4.69) is 46.6 Å². The van der Waals surface area contributed by atoms with Crippen molar-refractivity contribution < 1.29 is 23.1 Å². The Labute approximate surface area is 293 Å². The third kappa shape index (κ3) is 8.47. The average Bonchev–Trinajstić information content (AvgIpc) is 3.99. The van der Waals surface area contributed by atoms with Gasteiger partial charge in [0.15, 0.2) is 11.8 Å². The number of amides is 2. The van der Waals surface area contributed by atoms with Crippen LogP contribution in [0.1, 0.15) is 87.4 Å². The van der Waals surface area contributed by atoms with Crippen molar-refractivity contribution in [1.29, 1.82) is 5.41 Å². The third-order valence-electron chi connectivity index (χ3n) is 8.56. The molecule has 3 N–H and O–H groups in total. The molecule has 12 nitrogen and oxygen atoms in total. The number of carbonyl (C=O) groups is 2. The van der Waals surface area contributed by atoms with Gasteiger partial charge in [-0.1, -0.05) is 50.6 Å². The van der Waals surface area contributed by atoms with Crippen LogP contribution in [-0.2, 0) is 4.74 Å². The van der Waals surface area contributed by atoms with E-state index in [0.29, 0.717) is 50.7 Å². The van der Waals surface area contributed by atoms with Gasteiger partial charge >= 0.3 is 12.6 Å². The fraction of sp³-hybridized carbons (Fsp3) is 0.429. The zero-order chi connectivity index (χ0) is 35.6. The normalized spacial score (nSPS) is 15.1. The summed E-state index contributed by atoms with van der Waals surface area (Å²) in [5.41, 5.74) is 2.38. The molecule has 2 heterocycles. The maximum Gasteiger partial charge on any atom is 0.407 e. The minimum Gasteiger partial charge on any atom is -0.447 e. The van der Waals surface area contributed by atoms with E-state index in [0.717, 1.165) is 25.7 Å². The summed E-state index contributed by atoms with van der Waals surface area (Å²) in [6.07, 6.45) is 7.82. The average molecular weight is 708 g/mol. The fourth-order valence-corrected chi connectivity index (χ4v) is 5.64. The number of hydrogen-bond donors (Lipinski definition) is 3. The van der Waals surface area contributed by atoms with Gasteiger partial charge < -0.3 is 15.4 Å². The molecular weight excluding hydrogens is 668 g/mol. The van der Waals surface area contributed by atoms with E-state index in [-0.39, 0.29) is 35.6 Å². The van der Waals surface area contributed by atoms with Gasteiger partial charge in [0, 0.05) is 35.5 Å². The van der Waals surface area contributed by atoms with E-state index in [1.54, 1.807) is 42.5 Å². The van der Waals surface area contributed by atoms with Crippen LogP contribution in [0.4, 0.5) is 13.6 Å². The smallest absolute Gasteiger partial charge is 0.407 e. The summed E-state index contributed by atoms with van der Waals surface area (Å²) in [6.45, 7) is 3.61. The number of benzene rings is 2. The maximum absolute atomic E-state index is 14.5. The first-order chi connectivity index (χ1) is 23.9. The minimum atomic E-state index is -2.78. The molecule has 2 aliphatic carbocycles. The molecule has 2 aromatic heterocycles. The van der Waals surface area contributed by atoms with Crippen LogP contribution < -0.4 is 10.6 Å². The molecule has 0 bridgehead atoms. The second-order valence-electron chi connectivity index (χ2n) is 13.9. The van der Waals surface area contributed by atoms with E-state index in [1.807, 2.05) is 4.68 Å². The van der Waals surface area contributed by atoms with Crippen molar-refractivity contribution in [2.24, 2.45) is 5.41 Å². The summed E-state index contributed by atoms with van der Waals surface area (Å²) in [6, 6.07) is 11.0. The number of alkyl carbamates (subject to hydrolysis) is 1. The monoisotopic (exact) mass is 707 g/mol. The highest BCUT2D eigenvalue weighted by Crippen LogP contribution is 2.39. The van der Waals surface area contributed by atoms with E-state index < -0.39 is 24.6 Å². The van der Waals surface area contributed by atoms with Gasteiger partial charge in [-0.25, -0.2) is 19.1 Å². The number of ether oxygens (including phenoxy) is 1. The number of hydrogen-bond acceptors (Lipinski definition) is 7. The molecule has 1 atom stereocenters. The standard InChI is InChI=1S/C35H40ClF2N9O3/c1-35(2,3)14-15-40-33(39)46(31(48)22-6-4-21(5-7-22)24-17-42-45(18-24)32(37)38)29(19-50-34(49)44-25-9-10-25)23-8-13-28(36)27(16-23)30-41-20-43-47(30)26-11-12-26/h4-8,13,16-18,20,25-26,29,32H,9-12,14-15,19H2,1-3H3,(H2,39,40)(H,44,49)/t29-/m1/s1. The molecule has 2 aromatic carbocycles. The highest BCUT2D eigenvalue weighted by molar-refractivity contribution is 6.33. The summed E-state index contributed by atoms with van der Waals surface area (Å²) < 4.78 is 34.4. The molecule has 0 aliphatic heterocycles. The molecule has 2 aliphatic rings. The van der Waals surface area contributed by atoms with E-state index >= 15 is 0 Å². The number of alkyl halides is 2.